The summed E-state index contributed by atoms with van der Waals surface area (Å²) < 4.78 is 5.05. The monoisotopic (exact) mass is 330 g/mol. The molecule has 0 aliphatic heterocycles. The summed E-state index contributed by atoms with van der Waals surface area (Å²) in [5.41, 5.74) is 4.00. The molecule has 0 saturated carbocycles. The smallest absolute Gasteiger partial charge is 0.355 e. The lowest BCUT2D eigenvalue weighted by Gasteiger charge is -2.07. The van der Waals surface area contributed by atoms with E-state index >= 15 is 0 Å². The molecule has 2 aromatic rings. The van der Waals surface area contributed by atoms with E-state index in [2.05, 4.69) is 10.3 Å². The Morgan fingerprint density at radius 2 is 1.83 bits per heavy atom. The molecule has 0 spiro atoms. The lowest BCUT2D eigenvalue weighted by molar-refractivity contribution is -0.119. The van der Waals surface area contributed by atoms with Gasteiger partial charge in [-0.1, -0.05) is 17.7 Å². The molecule has 2 rings (SSSR count). The molecule has 0 radical (unpaired) electrons. The average molecular weight is 330 g/mol. The van der Waals surface area contributed by atoms with Crippen LogP contribution in [0.15, 0.2) is 24.3 Å². The van der Waals surface area contributed by atoms with Gasteiger partial charge >= 0.3 is 5.97 Å². The molecule has 1 heterocycles. The van der Waals surface area contributed by atoms with Crippen LogP contribution in [0, 0.1) is 20.8 Å². The number of carbonyl (C=O) groups excluding carboxylic acids is 2. The van der Waals surface area contributed by atoms with E-state index in [1.807, 2.05) is 19.1 Å². The van der Waals surface area contributed by atoms with Crippen LogP contribution >= 0.6 is 0 Å². The zero-order chi connectivity index (χ0) is 17.9. The molecule has 1 aromatic carbocycles. The second kappa shape index (κ2) is 7.31. The molecule has 0 aliphatic carbocycles. The van der Waals surface area contributed by atoms with Gasteiger partial charge in [-0.05, 0) is 45.4 Å². The highest BCUT2D eigenvalue weighted by molar-refractivity contribution is 5.95. The number of aromatic amines is 1. The summed E-state index contributed by atoms with van der Waals surface area (Å²) >= 11 is 0. The Labute approximate surface area is 140 Å². The number of aromatic nitrogens is 1. The van der Waals surface area contributed by atoms with Gasteiger partial charge in [0.15, 0.2) is 6.61 Å². The van der Waals surface area contributed by atoms with Crippen LogP contribution in [0.4, 0.5) is 5.69 Å². The minimum atomic E-state index is -0.687. The molecule has 0 unspecified atom stereocenters. The van der Waals surface area contributed by atoms with E-state index in [4.69, 9.17) is 4.74 Å². The number of nitrogens with one attached hydrogen (secondary N) is 2. The standard InChI is InChI=1S/C18H22N2O4/c1-10-5-7-14(8-6-10)20-15(22)9-24-18(23)17-11(2)16(13(4)21)12(3)19-17/h5-8,13,19,21H,9H2,1-4H3,(H,20,22)/t13-/m0/s1. The van der Waals surface area contributed by atoms with Gasteiger partial charge in [0.1, 0.15) is 5.69 Å². The van der Waals surface area contributed by atoms with Crippen molar-refractivity contribution in [1.29, 1.82) is 0 Å². The molecular formula is C18H22N2O4. The van der Waals surface area contributed by atoms with Gasteiger partial charge in [0.05, 0.1) is 6.10 Å². The SMILES string of the molecule is Cc1ccc(NC(=O)COC(=O)c2[nH]c(C)c([C@H](C)O)c2C)cc1. The van der Waals surface area contributed by atoms with Crippen LogP contribution in [-0.4, -0.2) is 28.6 Å². The lowest BCUT2D eigenvalue weighted by atomic mass is 10.1. The number of aliphatic hydroxyl groups is 1. The van der Waals surface area contributed by atoms with Crippen molar-refractivity contribution in [3.8, 4) is 0 Å². The summed E-state index contributed by atoms with van der Waals surface area (Å²) in [5, 5.41) is 12.4. The minimum absolute atomic E-state index is 0.256. The lowest BCUT2D eigenvalue weighted by Crippen LogP contribution is -2.21. The number of rotatable bonds is 5. The number of hydrogen-bond donors (Lipinski definition) is 3. The molecule has 1 aromatic heterocycles. The van der Waals surface area contributed by atoms with E-state index in [-0.39, 0.29) is 12.3 Å². The van der Waals surface area contributed by atoms with Crippen molar-refractivity contribution in [2.75, 3.05) is 11.9 Å². The minimum Gasteiger partial charge on any atom is -0.451 e. The van der Waals surface area contributed by atoms with E-state index in [0.29, 0.717) is 22.5 Å². The fraction of sp³-hybridized carbons (Fsp3) is 0.333. The highest BCUT2D eigenvalue weighted by atomic mass is 16.5. The van der Waals surface area contributed by atoms with Crippen molar-refractivity contribution in [2.24, 2.45) is 0 Å². The van der Waals surface area contributed by atoms with Crippen molar-refractivity contribution >= 4 is 17.6 Å². The highest BCUT2D eigenvalue weighted by Gasteiger charge is 2.21. The first-order valence-electron chi connectivity index (χ1n) is 7.70. The number of carbonyl (C=O) groups is 2. The predicted molar refractivity (Wildman–Crippen MR) is 91.0 cm³/mol. The highest BCUT2D eigenvalue weighted by Crippen LogP contribution is 2.24. The number of H-pyrrole nitrogens is 1. The van der Waals surface area contributed by atoms with Crippen molar-refractivity contribution < 1.29 is 19.4 Å². The maximum absolute atomic E-state index is 12.1. The maximum atomic E-state index is 12.1. The van der Waals surface area contributed by atoms with Gasteiger partial charge in [0, 0.05) is 16.9 Å². The molecule has 0 bridgehead atoms. The summed E-state index contributed by atoms with van der Waals surface area (Å²) in [5.74, 6) is -1.04. The Hall–Kier alpha value is -2.60. The number of esters is 1. The maximum Gasteiger partial charge on any atom is 0.355 e. The van der Waals surface area contributed by atoms with E-state index in [1.54, 1.807) is 32.9 Å². The largest absolute Gasteiger partial charge is 0.451 e. The normalized spacial score (nSPS) is 11.9. The van der Waals surface area contributed by atoms with Gasteiger partial charge in [-0.25, -0.2) is 4.79 Å². The van der Waals surface area contributed by atoms with Crippen LogP contribution in [0.5, 0.6) is 0 Å². The fourth-order valence-electron chi connectivity index (χ4n) is 2.63. The number of hydrogen-bond acceptors (Lipinski definition) is 4. The van der Waals surface area contributed by atoms with Crippen LogP contribution in [0.3, 0.4) is 0 Å². The van der Waals surface area contributed by atoms with E-state index in [0.717, 1.165) is 5.56 Å². The molecule has 1 amide bonds. The van der Waals surface area contributed by atoms with E-state index in [9.17, 15) is 14.7 Å². The first-order valence-corrected chi connectivity index (χ1v) is 7.70. The van der Waals surface area contributed by atoms with Gasteiger partial charge in [0.2, 0.25) is 0 Å². The summed E-state index contributed by atoms with van der Waals surface area (Å²) in [6.45, 7) is 6.71. The van der Waals surface area contributed by atoms with Crippen molar-refractivity contribution in [3.63, 3.8) is 0 Å². The molecule has 0 fully saturated rings. The average Bonchev–Trinajstić information content (AvgIpc) is 2.82. The summed E-state index contributed by atoms with van der Waals surface area (Å²) in [4.78, 5) is 26.9. The van der Waals surface area contributed by atoms with Crippen LogP contribution in [0.25, 0.3) is 0 Å². The molecule has 128 valence electrons. The number of amides is 1. The van der Waals surface area contributed by atoms with E-state index < -0.39 is 18.0 Å². The van der Waals surface area contributed by atoms with Gasteiger partial charge in [-0.2, -0.15) is 0 Å². The third-order valence-corrected chi connectivity index (χ3v) is 3.79. The van der Waals surface area contributed by atoms with Crippen LogP contribution in [-0.2, 0) is 9.53 Å². The second-order valence-corrected chi connectivity index (χ2v) is 5.83. The molecule has 3 N–H and O–H groups in total. The quantitative estimate of drug-likeness (QED) is 0.735. The third-order valence-electron chi connectivity index (χ3n) is 3.79. The molecule has 0 saturated heterocycles. The summed E-state index contributed by atoms with van der Waals surface area (Å²) in [6.07, 6.45) is -0.687. The van der Waals surface area contributed by atoms with Crippen molar-refractivity contribution in [3.05, 3.63) is 52.3 Å². The fourth-order valence-corrected chi connectivity index (χ4v) is 2.63. The molecule has 6 nitrogen and oxygen atoms in total. The third kappa shape index (κ3) is 4.02. The van der Waals surface area contributed by atoms with Crippen LogP contribution < -0.4 is 5.32 Å². The van der Waals surface area contributed by atoms with Gasteiger partial charge in [-0.15, -0.1) is 0 Å². The van der Waals surface area contributed by atoms with Crippen LogP contribution in [0.2, 0.25) is 0 Å². The van der Waals surface area contributed by atoms with Crippen molar-refractivity contribution in [1.82, 2.24) is 4.98 Å². The molecule has 24 heavy (non-hydrogen) atoms. The summed E-state index contributed by atoms with van der Waals surface area (Å²) in [7, 11) is 0. The molecule has 1 atom stereocenters. The van der Waals surface area contributed by atoms with Crippen LogP contribution in [0.1, 0.15) is 45.9 Å². The van der Waals surface area contributed by atoms with Crippen molar-refractivity contribution in [2.45, 2.75) is 33.8 Å². The summed E-state index contributed by atoms with van der Waals surface area (Å²) in [6, 6.07) is 7.32. The predicted octanol–water partition coefficient (Wildman–Crippen LogP) is 2.79. The number of anilines is 1. The number of ether oxygens (including phenoxy) is 1. The number of benzene rings is 1. The first-order chi connectivity index (χ1) is 11.3. The first kappa shape index (κ1) is 17.7. The Kier molecular flexibility index (Phi) is 5.41. The molecule has 6 heteroatoms. The molecule has 0 aliphatic rings. The Morgan fingerprint density at radius 3 is 2.38 bits per heavy atom. The molecular weight excluding hydrogens is 308 g/mol. The number of aliphatic hydroxyl groups excluding tert-OH is 1. The Bertz CT molecular complexity index is 745. The van der Waals surface area contributed by atoms with Gasteiger partial charge in [0.25, 0.3) is 5.91 Å². The topological polar surface area (TPSA) is 91.4 Å². The number of aryl methyl sites for hydroxylation is 2. The Morgan fingerprint density at radius 1 is 1.21 bits per heavy atom. The zero-order valence-electron chi connectivity index (χ0n) is 14.3. The van der Waals surface area contributed by atoms with Gasteiger partial charge < -0.3 is 20.1 Å². The van der Waals surface area contributed by atoms with E-state index in [1.165, 1.54) is 0 Å². The zero-order valence-corrected chi connectivity index (χ0v) is 14.3. The Balaban J connectivity index is 1.97. The second-order valence-electron chi connectivity index (χ2n) is 5.83. The van der Waals surface area contributed by atoms with Gasteiger partial charge in [-0.3, -0.25) is 4.79 Å².